The lowest BCUT2D eigenvalue weighted by atomic mass is 10.2. The average molecular weight is 137 g/mol. The van der Waals surface area contributed by atoms with E-state index in [2.05, 4.69) is 0 Å². The molecular formula is C7H11N3. The summed E-state index contributed by atoms with van der Waals surface area (Å²) in [5, 5.41) is 13.9. The Morgan fingerprint density at radius 3 is 2.40 bits per heavy atom. The van der Waals surface area contributed by atoms with E-state index < -0.39 is 0 Å². The first-order valence-corrected chi connectivity index (χ1v) is 2.90. The molecule has 0 aliphatic rings. The molecule has 0 aromatic rings. The summed E-state index contributed by atoms with van der Waals surface area (Å²) in [5.74, 6) is 0. The van der Waals surface area contributed by atoms with Gasteiger partial charge in [0.05, 0.1) is 5.71 Å². The number of allylic oxidation sites excluding steroid dienone is 3. The van der Waals surface area contributed by atoms with Crippen molar-refractivity contribution >= 4 is 11.9 Å². The van der Waals surface area contributed by atoms with Gasteiger partial charge in [-0.25, -0.2) is 0 Å². The zero-order chi connectivity index (χ0) is 7.98. The van der Waals surface area contributed by atoms with E-state index in [1.54, 1.807) is 12.2 Å². The molecule has 54 valence electrons. The Balaban J connectivity index is 4.37. The fourth-order valence-corrected chi connectivity index (χ4v) is 0.498. The summed E-state index contributed by atoms with van der Waals surface area (Å²) in [6.07, 6.45) is 5.73. The molecule has 0 aromatic heterocycles. The van der Waals surface area contributed by atoms with Crippen LogP contribution in [0.1, 0.15) is 6.92 Å². The van der Waals surface area contributed by atoms with Crippen molar-refractivity contribution in [2.24, 2.45) is 5.73 Å². The zero-order valence-corrected chi connectivity index (χ0v) is 5.89. The first-order valence-electron chi connectivity index (χ1n) is 2.90. The standard InChI is InChI=1S/C7H11N3/c1-2-3-6(4-8)7(10)5-9/h2-5,9-10H,8H2,1H3/b3-2-,6-4-,9-5?,10-7?. The number of nitrogens with two attached hydrogens (primary N) is 1. The molecule has 0 aliphatic carbocycles. The van der Waals surface area contributed by atoms with Gasteiger partial charge in [-0.1, -0.05) is 12.2 Å². The van der Waals surface area contributed by atoms with E-state index in [0.717, 1.165) is 6.21 Å². The molecule has 3 heteroatoms. The van der Waals surface area contributed by atoms with Crippen LogP contribution in [0.2, 0.25) is 0 Å². The van der Waals surface area contributed by atoms with Gasteiger partial charge in [0, 0.05) is 18.0 Å². The lowest BCUT2D eigenvalue weighted by Gasteiger charge is -1.94. The lowest BCUT2D eigenvalue weighted by Crippen LogP contribution is -2.01. The van der Waals surface area contributed by atoms with Crippen molar-refractivity contribution in [1.29, 1.82) is 10.8 Å². The SMILES string of the molecule is C/C=C\C(=C\N)C(=N)C=N. The van der Waals surface area contributed by atoms with E-state index >= 15 is 0 Å². The Hall–Kier alpha value is -1.38. The number of hydrogen-bond acceptors (Lipinski definition) is 3. The Morgan fingerprint density at radius 1 is 1.50 bits per heavy atom. The average Bonchev–Trinajstić information content (AvgIpc) is 1.99. The minimum atomic E-state index is 0.126. The van der Waals surface area contributed by atoms with Crippen LogP contribution in [0.3, 0.4) is 0 Å². The second kappa shape index (κ2) is 4.49. The highest BCUT2D eigenvalue weighted by Crippen LogP contribution is 1.94. The lowest BCUT2D eigenvalue weighted by molar-refractivity contribution is 1.47. The minimum absolute atomic E-state index is 0.126. The highest BCUT2D eigenvalue weighted by atomic mass is 14.5. The zero-order valence-electron chi connectivity index (χ0n) is 5.89. The van der Waals surface area contributed by atoms with E-state index in [0.29, 0.717) is 5.57 Å². The van der Waals surface area contributed by atoms with Crippen molar-refractivity contribution in [1.82, 2.24) is 0 Å². The largest absolute Gasteiger partial charge is 0.404 e. The maximum absolute atomic E-state index is 7.16. The Morgan fingerprint density at radius 2 is 2.10 bits per heavy atom. The molecular weight excluding hydrogens is 126 g/mol. The van der Waals surface area contributed by atoms with Gasteiger partial charge in [0.15, 0.2) is 0 Å². The molecule has 0 rings (SSSR count). The Labute approximate surface area is 60.3 Å². The molecule has 0 amide bonds. The van der Waals surface area contributed by atoms with Crippen molar-refractivity contribution in [2.75, 3.05) is 0 Å². The first-order chi connectivity index (χ1) is 4.76. The summed E-state index contributed by atoms with van der Waals surface area (Å²) in [7, 11) is 0. The van der Waals surface area contributed by atoms with Gasteiger partial charge in [0.1, 0.15) is 0 Å². The highest BCUT2D eigenvalue weighted by molar-refractivity contribution is 6.36. The van der Waals surface area contributed by atoms with Crippen LogP contribution in [-0.2, 0) is 0 Å². The summed E-state index contributed by atoms with van der Waals surface area (Å²) in [6, 6.07) is 0. The maximum Gasteiger partial charge on any atom is 0.0802 e. The molecule has 0 bridgehead atoms. The fraction of sp³-hybridized carbons (Fsp3) is 0.143. The van der Waals surface area contributed by atoms with Gasteiger partial charge in [0.2, 0.25) is 0 Å². The van der Waals surface area contributed by atoms with Gasteiger partial charge in [-0.2, -0.15) is 0 Å². The van der Waals surface area contributed by atoms with Crippen LogP contribution >= 0.6 is 0 Å². The Bertz CT molecular complexity index is 189. The minimum Gasteiger partial charge on any atom is -0.404 e. The molecule has 0 unspecified atom stereocenters. The molecule has 0 saturated carbocycles. The second-order valence-electron chi connectivity index (χ2n) is 1.68. The highest BCUT2D eigenvalue weighted by Gasteiger charge is 1.93. The quantitative estimate of drug-likeness (QED) is 0.395. The molecule has 0 fully saturated rings. The van der Waals surface area contributed by atoms with Crippen LogP contribution in [-0.4, -0.2) is 11.9 Å². The summed E-state index contributed by atoms with van der Waals surface area (Å²) < 4.78 is 0. The van der Waals surface area contributed by atoms with Crippen molar-refractivity contribution in [3.63, 3.8) is 0 Å². The summed E-state index contributed by atoms with van der Waals surface area (Å²) >= 11 is 0. The van der Waals surface area contributed by atoms with Crippen molar-refractivity contribution in [3.05, 3.63) is 23.9 Å². The van der Waals surface area contributed by atoms with E-state index in [9.17, 15) is 0 Å². The summed E-state index contributed by atoms with van der Waals surface area (Å²) in [6.45, 7) is 1.83. The van der Waals surface area contributed by atoms with Crippen LogP contribution in [0.4, 0.5) is 0 Å². The summed E-state index contributed by atoms with van der Waals surface area (Å²) in [5.41, 5.74) is 5.87. The monoisotopic (exact) mass is 137 g/mol. The molecule has 0 aliphatic heterocycles. The van der Waals surface area contributed by atoms with E-state index in [1.165, 1.54) is 6.20 Å². The van der Waals surface area contributed by atoms with Gasteiger partial charge < -0.3 is 11.1 Å². The van der Waals surface area contributed by atoms with Gasteiger partial charge in [-0.15, -0.1) is 0 Å². The molecule has 10 heavy (non-hydrogen) atoms. The van der Waals surface area contributed by atoms with Crippen molar-refractivity contribution in [2.45, 2.75) is 6.92 Å². The molecule has 0 spiro atoms. The smallest absolute Gasteiger partial charge is 0.0802 e. The maximum atomic E-state index is 7.16. The molecule has 0 saturated heterocycles. The third kappa shape index (κ3) is 2.26. The molecule has 0 radical (unpaired) electrons. The van der Waals surface area contributed by atoms with E-state index in [1.807, 2.05) is 6.92 Å². The van der Waals surface area contributed by atoms with Gasteiger partial charge in [0.25, 0.3) is 0 Å². The molecule has 0 aromatic carbocycles. The van der Waals surface area contributed by atoms with Crippen LogP contribution in [0.25, 0.3) is 0 Å². The number of hydrogen-bond donors (Lipinski definition) is 3. The van der Waals surface area contributed by atoms with E-state index in [-0.39, 0.29) is 5.71 Å². The molecule has 3 nitrogen and oxygen atoms in total. The number of nitrogens with one attached hydrogen (secondary N) is 2. The molecule has 0 heterocycles. The predicted octanol–water partition coefficient (Wildman–Crippen LogP) is 1.07. The van der Waals surface area contributed by atoms with Gasteiger partial charge in [-0.05, 0) is 6.92 Å². The van der Waals surface area contributed by atoms with Crippen LogP contribution in [0, 0.1) is 10.8 Å². The number of rotatable bonds is 3. The van der Waals surface area contributed by atoms with Crippen LogP contribution < -0.4 is 5.73 Å². The first kappa shape index (κ1) is 8.62. The van der Waals surface area contributed by atoms with Crippen LogP contribution in [0.15, 0.2) is 23.9 Å². The van der Waals surface area contributed by atoms with Gasteiger partial charge in [-0.3, -0.25) is 5.41 Å². The van der Waals surface area contributed by atoms with Gasteiger partial charge >= 0.3 is 0 Å². The normalized spacial score (nSPS) is 11.9. The third-order valence-corrected chi connectivity index (χ3v) is 0.981. The third-order valence-electron chi connectivity index (χ3n) is 0.981. The summed E-state index contributed by atoms with van der Waals surface area (Å²) in [4.78, 5) is 0. The van der Waals surface area contributed by atoms with E-state index in [4.69, 9.17) is 16.6 Å². The van der Waals surface area contributed by atoms with Crippen molar-refractivity contribution in [3.8, 4) is 0 Å². The topological polar surface area (TPSA) is 73.7 Å². The van der Waals surface area contributed by atoms with Crippen LogP contribution in [0.5, 0.6) is 0 Å². The predicted molar refractivity (Wildman–Crippen MR) is 43.6 cm³/mol. The second-order valence-corrected chi connectivity index (χ2v) is 1.68. The van der Waals surface area contributed by atoms with Crippen molar-refractivity contribution < 1.29 is 0 Å². The fourth-order valence-electron chi connectivity index (χ4n) is 0.498. The molecule has 0 atom stereocenters. The Kier molecular flexibility index (Phi) is 3.87. The molecule has 4 N–H and O–H groups in total.